The van der Waals surface area contributed by atoms with Crippen LogP contribution in [-0.4, -0.2) is 4.98 Å². The van der Waals surface area contributed by atoms with Gasteiger partial charge in [0.15, 0.2) is 0 Å². The van der Waals surface area contributed by atoms with Gasteiger partial charge < -0.3 is 0 Å². The van der Waals surface area contributed by atoms with E-state index in [9.17, 15) is 5.26 Å². The number of allylic oxidation sites excluding steroid dienone is 1. The maximum atomic E-state index is 9.58. The summed E-state index contributed by atoms with van der Waals surface area (Å²) in [5.41, 5.74) is 3.66. The Bertz CT molecular complexity index is 903. The molecule has 4 heteroatoms. The maximum Gasteiger partial charge on any atom is 0.134 e. The third-order valence-corrected chi connectivity index (χ3v) is 5.36. The SMILES string of the molecule is CCc1sc(/C(C#N)=C/c2ccc(Br)cc2)nc1-c1ccccc1. The quantitative estimate of drug-likeness (QED) is 0.493. The van der Waals surface area contributed by atoms with Gasteiger partial charge in [-0.25, -0.2) is 4.98 Å². The molecule has 3 aromatic rings. The Hall–Kier alpha value is -2.22. The fourth-order valence-corrected chi connectivity index (χ4v) is 3.65. The number of rotatable bonds is 4. The maximum absolute atomic E-state index is 9.58. The average Bonchev–Trinajstić information content (AvgIpc) is 3.06. The molecule has 0 bridgehead atoms. The molecule has 1 heterocycles. The van der Waals surface area contributed by atoms with Crippen molar-refractivity contribution in [1.82, 2.24) is 4.98 Å². The van der Waals surface area contributed by atoms with Crippen molar-refractivity contribution in [3.05, 3.63) is 74.5 Å². The van der Waals surface area contributed by atoms with Crippen molar-refractivity contribution in [3.8, 4) is 17.3 Å². The Balaban J connectivity index is 2.03. The molecule has 0 saturated carbocycles. The predicted molar refractivity (Wildman–Crippen MR) is 105 cm³/mol. The van der Waals surface area contributed by atoms with Gasteiger partial charge in [0.25, 0.3) is 0 Å². The lowest BCUT2D eigenvalue weighted by molar-refractivity contribution is 1.17. The van der Waals surface area contributed by atoms with Crippen LogP contribution in [0.3, 0.4) is 0 Å². The van der Waals surface area contributed by atoms with Gasteiger partial charge in [0.2, 0.25) is 0 Å². The number of nitrogens with zero attached hydrogens (tertiary/aromatic N) is 2. The lowest BCUT2D eigenvalue weighted by Gasteiger charge is -1.98. The standard InChI is InChI=1S/C20H15BrN2S/c1-2-18-19(15-6-4-3-5-7-15)23-20(24-18)16(13-22)12-14-8-10-17(21)11-9-14/h3-12H,2H2,1H3/b16-12+. The number of thiazole rings is 1. The van der Waals surface area contributed by atoms with Crippen molar-refractivity contribution in [1.29, 1.82) is 5.26 Å². The highest BCUT2D eigenvalue weighted by molar-refractivity contribution is 9.10. The highest BCUT2D eigenvalue weighted by atomic mass is 79.9. The molecule has 3 rings (SSSR count). The van der Waals surface area contributed by atoms with Crippen LogP contribution >= 0.6 is 27.3 Å². The molecule has 0 atom stereocenters. The van der Waals surface area contributed by atoms with Gasteiger partial charge in [0.1, 0.15) is 11.1 Å². The number of aryl methyl sites for hydroxylation is 1. The molecule has 0 unspecified atom stereocenters. The van der Waals surface area contributed by atoms with Crippen LogP contribution in [0.2, 0.25) is 0 Å². The lowest BCUT2D eigenvalue weighted by atomic mass is 10.1. The highest BCUT2D eigenvalue weighted by Gasteiger charge is 2.14. The summed E-state index contributed by atoms with van der Waals surface area (Å²) < 4.78 is 1.02. The summed E-state index contributed by atoms with van der Waals surface area (Å²) in [6, 6.07) is 20.3. The summed E-state index contributed by atoms with van der Waals surface area (Å²) in [6.07, 6.45) is 2.79. The predicted octanol–water partition coefficient (Wildman–Crippen LogP) is 6.20. The monoisotopic (exact) mass is 394 g/mol. The van der Waals surface area contributed by atoms with Crippen LogP contribution in [0.5, 0.6) is 0 Å². The van der Waals surface area contributed by atoms with Gasteiger partial charge in [-0.1, -0.05) is 65.3 Å². The van der Waals surface area contributed by atoms with E-state index in [1.807, 2.05) is 48.5 Å². The number of halogens is 1. The van der Waals surface area contributed by atoms with E-state index in [2.05, 4.69) is 41.1 Å². The van der Waals surface area contributed by atoms with Gasteiger partial charge in [0, 0.05) is 14.9 Å². The molecule has 0 spiro atoms. The summed E-state index contributed by atoms with van der Waals surface area (Å²) in [4.78, 5) is 5.96. The first kappa shape index (κ1) is 16.6. The third kappa shape index (κ3) is 3.64. The molecule has 2 aromatic carbocycles. The molecule has 0 radical (unpaired) electrons. The Labute approximate surface area is 154 Å². The second-order valence-electron chi connectivity index (χ2n) is 5.23. The molecule has 24 heavy (non-hydrogen) atoms. The smallest absolute Gasteiger partial charge is 0.134 e. The van der Waals surface area contributed by atoms with Gasteiger partial charge in [-0.2, -0.15) is 5.26 Å². The van der Waals surface area contributed by atoms with Gasteiger partial charge in [-0.15, -0.1) is 11.3 Å². The number of hydrogen-bond donors (Lipinski definition) is 0. The van der Waals surface area contributed by atoms with E-state index in [4.69, 9.17) is 4.98 Å². The normalized spacial score (nSPS) is 11.3. The van der Waals surface area contributed by atoms with Crippen molar-refractivity contribution in [3.63, 3.8) is 0 Å². The van der Waals surface area contributed by atoms with Gasteiger partial charge in [-0.05, 0) is 30.2 Å². The fraction of sp³-hybridized carbons (Fsp3) is 0.100. The van der Waals surface area contributed by atoms with Gasteiger partial charge in [-0.3, -0.25) is 0 Å². The molecule has 2 nitrogen and oxygen atoms in total. The molecule has 0 aliphatic heterocycles. The minimum Gasteiger partial charge on any atom is -0.235 e. The zero-order valence-corrected chi connectivity index (χ0v) is 15.6. The zero-order valence-electron chi connectivity index (χ0n) is 13.2. The molecule has 0 N–H and O–H groups in total. The van der Waals surface area contributed by atoms with Crippen LogP contribution < -0.4 is 0 Å². The molecule has 0 saturated heterocycles. The summed E-state index contributed by atoms with van der Waals surface area (Å²) in [5.74, 6) is 0. The first-order valence-electron chi connectivity index (χ1n) is 7.64. The van der Waals surface area contributed by atoms with Crippen molar-refractivity contribution in [2.75, 3.05) is 0 Å². The summed E-state index contributed by atoms with van der Waals surface area (Å²) >= 11 is 5.02. The average molecular weight is 395 g/mol. The van der Waals surface area contributed by atoms with E-state index < -0.39 is 0 Å². The van der Waals surface area contributed by atoms with Crippen LogP contribution in [0, 0.1) is 11.3 Å². The Morgan fingerprint density at radius 1 is 1.17 bits per heavy atom. The van der Waals surface area contributed by atoms with E-state index in [0.29, 0.717) is 5.57 Å². The van der Waals surface area contributed by atoms with Crippen LogP contribution in [0.1, 0.15) is 22.4 Å². The fourth-order valence-electron chi connectivity index (χ4n) is 2.40. The van der Waals surface area contributed by atoms with E-state index in [-0.39, 0.29) is 0 Å². The number of hydrogen-bond acceptors (Lipinski definition) is 3. The molecule has 0 amide bonds. The second-order valence-corrected chi connectivity index (χ2v) is 7.23. The largest absolute Gasteiger partial charge is 0.235 e. The van der Waals surface area contributed by atoms with Crippen molar-refractivity contribution in [2.45, 2.75) is 13.3 Å². The topological polar surface area (TPSA) is 36.7 Å². The van der Waals surface area contributed by atoms with Crippen LogP contribution in [0.15, 0.2) is 59.1 Å². The minimum absolute atomic E-state index is 0.596. The van der Waals surface area contributed by atoms with E-state index in [1.165, 1.54) is 4.88 Å². The summed E-state index contributed by atoms with van der Waals surface area (Å²) in [6.45, 7) is 2.12. The number of benzene rings is 2. The highest BCUT2D eigenvalue weighted by Crippen LogP contribution is 2.32. The summed E-state index contributed by atoms with van der Waals surface area (Å²) in [7, 11) is 0. The van der Waals surface area contributed by atoms with E-state index in [1.54, 1.807) is 11.3 Å². The van der Waals surface area contributed by atoms with Crippen molar-refractivity contribution in [2.24, 2.45) is 0 Å². The molecular weight excluding hydrogens is 380 g/mol. The minimum atomic E-state index is 0.596. The first-order valence-corrected chi connectivity index (χ1v) is 9.25. The van der Waals surface area contributed by atoms with Gasteiger partial charge >= 0.3 is 0 Å². The van der Waals surface area contributed by atoms with Crippen molar-refractivity contribution >= 4 is 38.9 Å². The van der Waals surface area contributed by atoms with Gasteiger partial charge in [0.05, 0.1) is 11.3 Å². The molecule has 0 fully saturated rings. The molecule has 0 aliphatic rings. The molecular formula is C20H15BrN2S. The molecule has 118 valence electrons. The summed E-state index contributed by atoms with van der Waals surface area (Å²) in [5, 5.41) is 10.4. The lowest BCUT2D eigenvalue weighted by Crippen LogP contribution is -1.84. The zero-order chi connectivity index (χ0) is 16.9. The second kappa shape index (κ2) is 7.57. The Morgan fingerprint density at radius 3 is 2.50 bits per heavy atom. The molecule has 0 aliphatic carbocycles. The van der Waals surface area contributed by atoms with Crippen molar-refractivity contribution < 1.29 is 0 Å². The number of aromatic nitrogens is 1. The van der Waals surface area contributed by atoms with E-state index in [0.717, 1.165) is 32.7 Å². The van der Waals surface area contributed by atoms with Crippen LogP contribution in [0.4, 0.5) is 0 Å². The Morgan fingerprint density at radius 2 is 1.88 bits per heavy atom. The van der Waals surface area contributed by atoms with Crippen LogP contribution in [-0.2, 0) is 6.42 Å². The first-order chi connectivity index (χ1) is 11.7. The Kier molecular flexibility index (Phi) is 5.24. The third-order valence-electron chi connectivity index (χ3n) is 3.60. The van der Waals surface area contributed by atoms with E-state index >= 15 is 0 Å². The number of nitriles is 1. The van der Waals surface area contributed by atoms with Crippen LogP contribution in [0.25, 0.3) is 22.9 Å². The molecule has 1 aromatic heterocycles.